The molecule has 2 aliphatic rings. The summed E-state index contributed by atoms with van der Waals surface area (Å²) >= 11 is 0. The Bertz CT molecular complexity index is 515. The van der Waals surface area contributed by atoms with Crippen molar-refractivity contribution in [1.82, 2.24) is 10.6 Å². The van der Waals surface area contributed by atoms with E-state index < -0.39 is 9.84 Å². The molecular weight excluding hydrogens is 300 g/mol. The van der Waals surface area contributed by atoms with Gasteiger partial charge in [-0.05, 0) is 43.4 Å². The van der Waals surface area contributed by atoms with E-state index in [0.29, 0.717) is 30.3 Å². The van der Waals surface area contributed by atoms with Crippen LogP contribution in [0.25, 0.3) is 0 Å². The fourth-order valence-corrected chi connectivity index (χ4v) is 5.81. The number of nitrogens with one attached hydrogen (secondary N) is 2. The highest BCUT2D eigenvalue weighted by atomic mass is 32.2. The van der Waals surface area contributed by atoms with Crippen molar-refractivity contribution < 1.29 is 13.2 Å². The van der Waals surface area contributed by atoms with E-state index in [0.717, 1.165) is 6.42 Å². The summed E-state index contributed by atoms with van der Waals surface area (Å²) in [6, 6.07) is 0.141. The molecule has 0 aromatic rings. The molecule has 0 bridgehead atoms. The molecule has 2 rings (SSSR count). The fraction of sp³-hybridized carbons (Fsp3) is 0.938. The molecule has 1 heterocycles. The zero-order valence-corrected chi connectivity index (χ0v) is 15.0. The minimum atomic E-state index is -2.87. The Morgan fingerprint density at radius 2 is 2.00 bits per heavy atom. The quantitative estimate of drug-likeness (QED) is 0.798. The van der Waals surface area contributed by atoms with Crippen LogP contribution in [0.15, 0.2) is 0 Å². The fourth-order valence-electron chi connectivity index (χ4n) is 3.94. The topological polar surface area (TPSA) is 75.3 Å². The molecule has 5 nitrogen and oxygen atoms in total. The first-order valence-corrected chi connectivity index (χ1v) is 10.1. The molecule has 1 amide bonds. The lowest BCUT2D eigenvalue weighted by Crippen LogP contribution is -2.48. The zero-order valence-electron chi connectivity index (χ0n) is 14.2. The summed E-state index contributed by atoms with van der Waals surface area (Å²) in [6.07, 6.45) is 2.93. The summed E-state index contributed by atoms with van der Waals surface area (Å²) in [6.45, 7) is 9.14. The van der Waals surface area contributed by atoms with Crippen molar-refractivity contribution in [1.29, 1.82) is 0 Å². The first kappa shape index (κ1) is 17.7. The van der Waals surface area contributed by atoms with E-state index >= 15 is 0 Å². The molecule has 1 saturated carbocycles. The standard InChI is InChI=1S/C16H30N2O3S/c1-11-7-16(3,4)8-14(11)18-12(2)15(19)17-9-13-5-6-22(20,21)10-13/h11-14,18H,5-10H2,1-4H3,(H,17,19). The van der Waals surface area contributed by atoms with E-state index in [-0.39, 0.29) is 29.4 Å². The number of amides is 1. The number of hydrogen-bond donors (Lipinski definition) is 2. The maximum absolute atomic E-state index is 12.2. The molecule has 4 unspecified atom stereocenters. The first-order valence-electron chi connectivity index (χ1n) is 8.32. The summed E-state index contributed by atoms with van der Waals surface area (Å²) in [5.74, 6) is 1.09. The van der Waals surface area contributed by atoms with Gasteiger partial charge in [-0.3, -0.25) is 4.79 Å². The van der Waals surface area contributed by atoms with Gasteiger partial charge < -0.3 is 10.6 Å². The van der Waals surface area contributed by atoms with E-state index in [2.05, 4.69) is 31.4 Å². The first-order chi connectivity index (χ1) is 10.1. The van der Waals surface area contributed by atoms with Gasteiger partial charge in [0.05, 0.1) is 17.5 Å². The summed E-state index contributed by atoms with van der Waals surface area (Å²) in [5, 5.41) is 6.35. The Labute approximate surface area is 134 Å². The molecule has 1 aliphatic heterocycles. The monoisotopic (exact) mass is 330 g/mol. The number of carbonyl (C=O) groups is 1. The molecule has 0 aromatic carbocycles. The van der Waals surface area contributed by atoms with Gasteiger partial charge in [-0.15, -0.1) is 0 Å². The third-order valence-corrected chi connectivity index (χ3v) is 6.92. The molecule has 22 heavy (non-hydrogen) atoms. The molecular formula is C16H30N2O3S. The third kappa shape index (κ3) is 4.69. The number of carbonyl (C=O) groups excluding carboxylic acids is 1. The minimum Gasteiger partial charge on any atom is -0.354 e. The van der Waals surface area contributed by atoms with Crippen molar-refractivity contribution in [2.45, 2.75) is 59.0 Å². The highest BCUT2D eigenvalue weighted by Gasteiger charge is 2.37. The van der Waals surface area contributed by atoms with Gasteiger partial charge in [0, 0.05) is 12.6 Å². The van der Waals surface area contributed by atoms with Gasteiger partial charge in [0.25, 0.3) is 0 Å². The van der Waals surface area contributed by atoms with Crippen LogP contribution in [-0.4, -0.2) is 44.5 Å². The second-order valence-electron chi connectivity index (χ2n) is 8.06. The molecule has 128 valence electrons. The molecule has 1 aliphatic carbocycles. The van der Waals surface area contributed by atoms with Gasteiger partial charge in [0.15, 0.2) is 9.84 Å². The normalized spacial score (nSPS) is 34.5. The van der Waals surface area contributed by atoms with Gasteiger partial charge in [0.2, 0.25) is 5.91 Å². The molecule has 0 spiro atoms. The van der Waals surface area contributed by atoms with Crippen LogP contribution in [0.1, 0.15) is 47.0 Å². The summed E-state index contributed by atoms with van der Waals surface area (Å²) in [7, 11) is -2.87. The van der Waals surface area contributed by atoms with Crippen molar-refractivity contribution in [3.05, 3.63) is 0 Å². The van der Waals surface area contributed by atoms with Crippen molar-refractivity contribution >= 4 is 15.7 Å². The van der Waals surface area contributed by atoms with Crippen molar-refractivity contribution in [3.63, 3.8) is 0 Å². The third-order valence-electron chi connectivity index (χ3n) is 5.08. The highest BCUT2D eigenvalue weighted by molar-refractivity contribution is 7.91. The largest absolute Gasteiger partial charge is 0.354 e. The van der Waals surface area contributed by atoms with Crippen molar-refractivity contribution in [3.8, 4) is 0 Å². The Morgan fingerprint density at radius 1 is 1.32 bits per heavy atom. The van der Waals surface area contributed by atoms with Crippen LogP contribution in [0.5, 0.6) is 0 Å². The smallest absolute Gasteiger partial charge is 0.236 e. The second kappa shape index (κ2) is 6.48. The zero-order chi connectivity index (χ0) is 16.5. The molecule has 6 heteroatoms. The average Bonchev–Trinajstić information content (AvgIpc) is 2.85. The molecule has 0 radical (unpaired) electrons. The molecule has 4 atom stereocenters. The molecule has 1 saturated heterocycles. The van der Waals surface area contributed by atoms with Crippen LogP contribution >= 0.6 is 0 Å². The highest BCUT2D eigenvalue weighted by Crippen LogP contribution is 2.40. The maximum Gasteiger partial charge on any atom is 0.236 e. The second-order valence-corrected chi connectivity index (χ2v) is 10.3. The minimum absolute atomic E-state index is 0.0267. The van der Waals surface area contributed by atoms with E-state index in [9.17, 15) is 13.2 Å². The van der Waals surface area contributed by atoms with Crippen molar-refractivity contribution in [2.24, 2.45) is 17.3 Å². The van der Waals surface area contributed by atoms with Gasteiger partial charge >= 0.3 is 0 Å². The van der Waals surface area contributed by atoms with Gasteiger partial charge in [-0.25, -0.2) is 8.42 Å². The Balaban J connectivity index is 1.76. The van der Waals surface area contributed by atoms with Crippen LogP contribution in [-0.2, 0) is 14.6 Å². The van der Waals surface area contributed by atoms with E-state index in [1.54, 1.807) is 0 Å². The molecule has 2 N–H and O–H groups in total. The average molecular weight is 330 g/mol. The lowest BCUT2D eigenvalue weighted by molar-refractivity contribution is -0.123. The SMILES string of the molecule is CC(NC1CC(C)(C)CC1C)C(=O)NCC1CCS(=O)(=O)C1. The molecule has 0 aromatic heterocycles. The Morgan fingerprint density at radius 3 is 2.50 bits per heavy atom. The maximum atomic E-state index is 12.2. The summed E-state index contributed by atoms with van der Waals surface area (Å²) < 4.78 is 22.8. The van der Waals surface area contributed by atoms with E-state index in [1.807, 2.05) is 6.92 Å². The predicted octanol–water partition coefficient (Wildman–Crippen LogP) is 1.34. The van der Waals surface area contributed by atoms with Crippen LogP contribution in [0.4, 0.5) is 0 Å². The van der Waals surface area contributed by atoms with Gasteiger partial charge in [0.1, 0.15) is 0 Å². The van der Waals surface area contributed by atoms with Crippen LogP contribution in [0, 0.1) is 17.3 Å². The summed E-state index contributed by atoms with van der Waals surface area (Å²) in [5.41, 5.74) is 0.339. The van der Waals surface area contributed by atoms with Crippen LogP contribution in [0.3, 0.4) is 0 Å². The van der Waals surface area contributed by atoms with Crippen molar-refractivity contribution in [2.75, 3.05) is 18.1 Å². The van der Waals surface area contributed by atoms with E-state index in [1.165, 1.54) is 6.42 Å². The van der Waals surface area contributed by atoms with Crippen LogP contribution < -0.4 is 10.6 Å². The number of rotatable bonds is 5. The Kier molecular flexibility index (Phi) is 5.22. The van der Waals surface area contributed by atoms with Gasteiger partial charge in [-0.2, -0.15) is 0 Å². The van der Waals surface area contributed by atoms with Gasteiger partial charge in [-0.1, -0.05) is 20.8 Å². The van der Waals surface area contributed by atoms with Crippen LogP contribution in [0.2, 0.25) is 0 Å². The number of hydrogen-bond acceptors (Lipinski definition) is 4. The molecule has 2 fully saturated rings. The van der Waals surface area contributed by atoms with E-state index in [4.69, 9.17) is 0 Å². The lowest BCUT2D eigenvalue weighted by atomic mass is 9.91. The number of sulfone groups is 1. The lowest BCUT2D eigenvalue weighted by Gasteiger charge is -2.23. The summed E-state index contributed by atoms with van der Waals surface area (Å²) in [4.78, 5) is 12.2. The predicted molar refractivity (Wildman–Crippen MR) is 88.3 cm³/mol. The Hall–Kier alpha value is -0.620.